The molecule has 6 aromatic rings. The predicted molar refractivity (Wildman–Crippen MR) is 225 cm³/mol. The van der Waals surface area contributed by atoms with Crippen LogP contribution in [-0.4, -0.2) is 16.1 Å². The number of hydrogen-bond acceptors (Lipinski definition) is 2. The number of benzene rings is 6. The summed E-state index contributed by atoms with van der Waals surface area (Å²) in [5.41, 5.74) is 14.0. The molecule has 2 aliphatic carbocycles. The van der Waals surface area contributed by atoms with Crippen LogP contribution in [0.5, 0.6) is 0 Å². The van der Waals surface area contributed by atoms with Crippen LogP contribution in [0.25, 0.3) is 5.57 Å². The van der Waals surface area contributed by atoms with Crippen molar-refractivity contribution in [2.24, 2.45) is 0 Å². The number of rotatable bonds is 8. The van der Waals surface area contributed by atoms with Gasteiger partial charge in [0.1, 0.15) is 0 Å². The molecule has 0 bridgehead atoms. The van der Waals surface area contributed by atoms with Gasteiger partial charge in [0.15, 0.2) is 0 Å². The van der Waals surface area contributed by atoms with Gasteiger partial charge in [0, 0.05) is 29.2 Å². The van der Waals surface area contributed by atoms with Gasteiger partial charge in [-0.25, -0.2) is 0 Å². The molecule has 0 aromatic heterocycles. The van der Waals surface area contributed by atoms with Gasteiger partial charge in [-0.05, 0) is 88.3 Å². The van der Waals surface area contributed by atoms with Crippen molar-refractivity contribution in [2.45, 2.75) is 57.7 Å². The molecule has 0 saturated carbocycles. The summed E-state index contributed by atoms with van der Waals surface area (Å²) >= 11 is 0. The third kappa shape index (κ3) is 6.11. The molecule has 0 saturated heterocycles. The smallest absolute Gasteiger partial charge is 0.0923 e. The Morgan fingerprint density at radius 1 is 0.529 bits per heavy atom. The van der Waals surface area contributed by atoms with Crippen LogP contribution >= 0.6 is 0 Å². The van der Waals surface area contributed by atoms with E-state index in [-0.39, 0.29) is 0 Å². The fraction of sp³-hybridized carbons (Fsp3) is 0.191. The lowest BCUT2D eigenvalue weighted by Crippen LogP contribution is -2.40. The molecule has 0 aliphatic heterocycles. The molecular formula is C47H48N2Si2. The lowest BCUT2D eigenvalue weighted by molar-refractivity contribution is 0.569. The maximum absolute atomic E-state index is 4.15. The van der Waals surface area contributed by atoms with Crippen molar-refractivity contribution in [3.63, 3.8) is 0 Å². The molecule has 0 spiro atoms. The Hall–Kier alpha value is -4.91. The van der Waals surface area contributed by atoms with E-state index in [0.717, 1.165) is 18.5 Å². The molecule has 254 valence electrons. The maximum Gasteiger partial charge on any atom is 0.0923 e. The summed E-state index contributed by atoms with van der Waals surface area (Å²) in [6, 6.07) is 56.8. The topological polar surface area (TPSA) is 15.3 Å². The Morgan fingerprint density at radius 3 is 1.73 bits per heavy atom. The molecule has 1 unspecified atom stereocenters. The lowest BCUT2D eigenvalue weighted by atomic mass is 9.70. The SMILES string of the molecule is C[Si](C)(C)c1ccc(NC2(c3ccccc3)CC3=C(c4ccc(N(c5ccccc5)c5ccc([Si](C)(C)C)cc5)cc4C3)c3ccccc32)cc1. The first kappa shape index (κ1) is 33.2. The highest BCUT2D eigenvalue weighted by atomic mass is 28.3. The summed E-state index contributed by atoms with van der Waals surface area (Å²) < 4.78 is 0. The van der Waals surface area contributed by atoms with Gasteiger partial charge in [0.25, 0.3) is 0 Å². The molecule has 1 atom stereocenters. The number of nitrogens with zero attached hydrogens (tertiary/aromatic N) is 1. The van der Waals surface area contributed by atoms with E-state index in [2.05, 4.69) is 201 Å². The Labute approximate surface area is 306 Å². The van der Waals surface area contributed by atoms with E-state index in [1.165, 1.54) is 66.4 Å². The first-order valence-electron chi connectivity index (χ1n) is 18.4. The molecule has 0 amide bonds. The second-order valence-electron chi connectivity index (χ2n) is 16.4. The highest BCUT2D eigenvalue weighted by molar-refractivity contribution is 6.89. The van der Waals surface area contributed by atoms with Crippen LogP contribution in [0.1, 0.15) is 34.2 Å². The molecule has 4 heteroatoms. The van der Waals surface area contributed by atoms with E-state index >= 15 is 0 Å². The van der Waals surface area contributed by atoms with Gasteiger partial charge < -0.3 is 10.2 Å². The highest BCUT2D eigenvalue weighted by Crippen LogP contribution is 2.53. The van der Waals surface area contributed by atoms with Crippen molar-refractivity contribution in [3.8, 4) is 0 Å². The summed E-state index contributed by atoms with van der Waals surface area (Å²) in [5, 5.41) is 7.11. The van der Waals surface area contributed by atoms with E-state index in [4.69, 9.17) is 0 Å². The number of fused-ring (bicyclic) bond motifs is 4. The van der Waals surface area contributed by atoms with Crippen LogP contribution < -0.4 is 20.6 Å². The molecule has 51 heavy (non-hydrogen) atoms. The van der Waals surface area contributed by atoms with Crippen LogP contribution in [0.2, 0.25) is 39.3 Å². The number of para-hydroxylation sites is 1. The predicted octanol–water partition coefficient (Wildman–Crippen LogP) is 11.4. The fourth-order valence-corrected chi connectivity index (χ4v) is 10.5. The van der Waals surface area contributed by atoms with E-state index < -0.39 is 21.7 Å². The van der Waals surface area contributed by atoms with Gasteiger partial charge >= 0.3 is 0 Å². The zero-order chi connectivity index (χ0) is 35.4. The molecule has 1 N–H and O–H groups in total. The van der Waals surface area contributed by atoms with Gasteiger partial charge in [-0.15, -0.1) is 0 Å². The molecule has 2 nitrogen and oxygen atoms in total. The Balaban J connectivity index is 1.21. The van der Waals surface area contributed by atoms with Crippen LogP contribution in [0.3, 0.4) is 0 Å². The van der Waals surface area contributed by atoms with Gasteiger partial charge in [0.2, 0.25) is 0 Å². The minimum atomic E-state index is -1.41. The fourth-order valence-electron chi connectivity index (χ4n) is 8.19. The first-order chi connectivity index (χ1) is 24.5. The monoisotopic (exact) mass is 696 g/mol. The summed E-state index contributed by atoms with van der Waals surface area (Å²) in [7, 11) is -2.82. The van der Waals surface area contributed by atoms with E-state index in [1.807, 2.05) is 0 Å². The zero-order valence-corrected chi connectivity index (χ0v) is 32.8. The van der Waals surface area contributed by atoms with Gasteiger partial charge in [0.05, 0.1) is 21.7 Å². The highest BCUT2D eigenvalue weighted by Gasteiger charge is 2.43. The molecule has 0 heterocycles. The molecule has 6 aromatic carbocycles. The average Bonchev–Trinajstić information content (AvgIpc) is 3.50. The second kappa shape index (κ2) is 12.7. The lowest BCUT2D eigenvalue weighted by Gasteiger charge is -2.42. The Morgan fingerprint density at radius 2 is 1.08 bits per heavy atom. The Bertz CT molecular complexity index is 2230. The minimum Gasteiger partial charge on any atom is -0.371 e. The van der Waals surface area contributed by atoms with Crippen molar-refractivity contribution in [2.75, 3.05) is 10.2 Å². The quantitative estimate of drug-likeness (QED) is 0.159. The normalized spacial score (nSPS) is 16.7. The van der Waals surface area contributed by atoms with Crippen molar-refractivity contribution < 1.29 is 0 Å². The summed E-state index contributed by atoms with van der Waals surface area (Å²) in [6.07, 6.45) is 1.85. The van der Waals surface area contributed by atoms with Gasteiger partial charge in [-0.1, -0.05) is 158 Å². The number of hydrogen-bond donors (Lipinski definition) is 1. The maximum atomic E-state index is 4.15. The van der Waals surface area contributed by atoms with Gasteiger partial charge in [-0.3, -0.25) is 0 Å². The van der Waals surface area contributed by atoms with E-state index in [0.29, 0.717) is 0 Å². The van der Waals surface area contributed by atoms with Crippen LogP contribution in [0.15, 0.2) is 157 Å². The largest absolute Gasteiger partial charge is 0.371 e. The summed E-state index contributed by atoms with van der Waals surface area (Å²) in [6.45, 7) is 14.5. The third-order valence-electron chi connectivity index (χ3n) is 10.9. The van der Waals surface area contributed by atoms with Crippen LogP contribution in [0.4, 0.5) is 22.7 Å². The van der Waals surface area contributed by atoms with Crippen molar-refractivity contribution in [3.05, 3.63) is 185 Å². The Kier molecular flexibility index (Phi) is 8.28. The molecule has 0 radical (unpaired) electrons. The minimum absolute atomic E-state index is 0.392. The molecule has 8 rings (SSSR count). The average molecular weight is 697 g/mol. The number of nitrogens with one attached hydrogen (secondary N) is 1. The standard InChI is InChI=1S/C47H48N2Si2/c1-50(2,3)41-26-21-37(22-27-41)48-47(36-15-9-7-10-16-36)33-35-31-34-32-40(25-30-43(34)46(35)44-19-13-14-20-45(44)47)49(38-17-11-8-12-18-38)39-23-28-42(29-24-39)51(4,5)6/h7-30,32,48H,31,33H2,1-6H3. The van der Waals surface area contributed by atoms with Gasteiger partial charge in [-0.2, -0.15) is 0 Å². The van der Waals surface area contributed by atoms with Crippen LogP contribution in [0, 0.1) is 0 Å². The van der Waals surface area contributed by atoms with Crippen molar-refractivity contribution in [1.29, 1.82) is 0 Å². The van der Waals surface area contributed by atoms with E-state index in [9.17, 15) is 0 Å². The van der Waals surface area contributed by atoms with Crippen molar-refractivity contribution >= 4 is 54.8 Å². The molecular weight excluding hydrogens is 649 g/mol. The molecule has 2 aliphatic rings. The van der Waals surface area contributed by atoms with Crippen LogP contribution in [-0.2, 0) is 12.0 Å². The summed E-state index contributed by atoms with van der Waals surface area (Å²) in [4.78, 5) is 2.42. The first-order valence-corrected chi connectivity index (χ1v) is 25.4. The van der Waals surface area contributed by atoms with Crippen molar-refractivity contribution in [1.82, 2.24) is 0 Å². The zero-order valence-electron chi connectivity index (χ0n) is 30.8. The number of anilines is 4. The summed E-state index contributed by atoms with van der Waals surface area (Å²) in [5.74, 6) is 0. The second-order valence-corrected chi connectivity index (χ2v) is 26.6. The van der Waals surface area contributed by atoms with E-state index in [1.54, 1.807) is 0 Å². The third-order valence-corrected chi connectivity index (χ3v) is 15.0. The molecule has 0 fully saturated rings.